The van der Waals surface area contributed by atoms with Gasteiger partial charge in [0.2, 0.25) is 0 Å². The summed E-state index contributed by atoms with van der Waals surface area (Å²) in [5.41, 5.74) is 1.59. The first-order valence-corrected chi connectivity index (χ1v) is 7.84. The van der Waals surface area contributed by atoms with Gasteiger partial charge in [0, 0.05) is 4.47 Å². The Balaban J connectivity index is 1.77. The van der Waals surface area contributed by atoms with Crippen molar-refractivity contribution >= 4 is 27.7 Å². The minimum atomic E-state index is -0.548. The summed E-state index contributed by atoms with van der Waals surface area (Å²) in [4.78, 5) is 11.8. The number of halogens is 1. The number of anilines is 1. The van der Waals surface area contributed by atoms with Gasteiger partial charge in [0.1, 0.15) is 24.7 Å². The number of nitrogens with one attached hydrogen (secondary N) is 1. The molecule has 0 aliphatic heterocycles. The third-order valence-corrected chi connectivity index (χ3v) is 3.52. The van der Waals surface area contributed by atoms with Gasteiger partial charge in [-0.1, -0.05) is 22.0 Å². The number of methoxy groups -OCH3 is 1. The Labute approximate surface area is 143 Å². The summed E-state index contributed by atoms with van der Waals surface area (Å²) in [6, 6.07) is 12.9. The zero-order chi connectivity index (χ0) is 16.7. The van der Waals surface area contributed by atoms with E-state index in [9.17, 15) is 4.79 Å². The van der Waals surface area contributed by atoms with E-state index in [0.29, 0.717) is 11.4 Å². The van der Waals surface area contributed by atoms with Crippen LogP contribution in [0.2, 0.25) is 0 Å². The van der Waals surface area contributed by atoms with E-state index in [1.165, 1.54) is 0 Å². The molecule has 0 atom stereocenters. The molecule has 1 amide bonds. The maximum Gasteiger partial charge on any atom is 0.411 e. The Morgan fingerprint density at radius 2 is 1.87 bits per heavy atom. The Bertz CT molecular complexity index is 658. The summed E-state index contributed by atoms with van der Waals surface area (Å²) in [6.07, 6.45) is -0.548. The zero-order valence-electron chi connectivity index (χ0n) is 13.0. The number of carbonyl (C=O) groups excluding carboxylic acids is 1. The Kier molecular flexibility index (Phi) is 6.29. The second-order valence-corrected chi connectivity index (χ2v) is 5.68. The van der Waals surface area contributed by atoms with Gasteiger partial charge in [-0.3, -0.25) is 5.32 Å². The standard InChI is InChI=1S/C17H18BrNO4/c1-12-3-8-16(21-2)15(11-12)19-17(20)23-10-9-22-14-6-4-13(18)5-7-14/h3-8,11H,9-10H2,1-2H3,(H,19,20). The van der Waals surface area contributed by atoms with E-state index in [1.807, 2.05) is 43.3 Å². The molecular formula is C17H18BrNO4. The normalized spacial score (nSPS) is 10.0. The topological polar surface area (TPSA) is 56.8 Å². The number of aryl methyl sites for hydroxylation is 1. The number of rotatable bonds is 6. The first-order valence-electron chi connectivity index (χ1n) is 7.05. The Morgan fingerprint density at radius 3 is 2.57 bits per heavy atom. The Hall–Kier alpha value is -2.21. The lowest BCUT2D eigenvalue weighted by Gasteiger charge is -2.11. The largest absolute Gasteiger partial charge is 0.495 e. The molecule has 23 heavy (non-hydrogen) atoms. The maximum absolute atomic E-state index is 11.8. The molecule has 0 heterocycles. The van der Waals surface area contributed by atoms with Crippen LogP contribution in [0.15, 0.2) is 46.9 Å². The van der Waals surface area contributed by atoms with Crippen molar-refractivity contribution in [3.05, 3.63) is 52.5 Å². The molecule has 0 aliphatic rings. The summed E-state index contributed by atoms with van der Waals surface area (Å²) in [6.45, 7) is 2.36. The third kappa shape index (κ3) is 5.49. The van der Waals surface area contributed by atoms with Gasteiger partial charge >= 0.3 is 6.09 Å². The van der Waals surface area contributed by atoms with E-state index in [-0.39, 0.29) is 13.2 Å². The zero-order valence-corrected chi connectivity index (χ0v) is 14.6. The molecule has 0 saturated carbocycles. The van der Waals surface area contributed by atoms with Crippen molar-refractivity contribution in [1.82, 2.24) is 0 Å². The summed E-state index contributed by atoms with van der Waals surface area (Å²) in [7, 11) is 1.55. The van der Waals surface area contributed by atoms with Crippen molar-refractivity contribution in [3.8, 4) is 11.5 Å². The molecule has 0 aromatic heterocycles. The van der Waals surface area contributed by atoms with Crippen molar-refractivity contribution in [3.63, 3.8) is 0 Å². The van der Waals surface area contributed by atoms with Gasteiger partial charge in [0.05, 0.1) is 12.8 Å². The van der Waals surface area contributed by atoms with Gasteiger partial charge in [-0.15, -0.1) is 0 Å². The molecule has 2 aromatic carbocycles. The van der Waals surface area contributed by atoms with Crippen molar-refractivity contribution in [2.24, 2.45) is 0 Å². The number of hydrogen-bond donors (Lipinski definition) is 1. The SMILES string of the molecule is COc1ccc(C)cc1NC(=O)OCCOc1ccc(Br)cc1. The van der Waals surface area contributed by atoms with Crippen LogP contribution < -0.4 is 14.8 Å². The van der Waals surface area contributed by atoms with Crippen LogP contribution in [0.3, 0.4) is 0 Å². The molecule has 2 rings (SSSR count). The van der Waals surface area contributed by atoms with E-state index < -0.39 is 6.09 Å². The van der Waals surface area contributed by atoms with Gasteiger partial charge in [-0.25, -0.2) is 4.79 Å². The van der Waals surface area contributed by atoms with Crippen LogP contribution in [-0.4, -0.2) is 26.4 Å². The lowest BCUT2D eigenvalue weighted by Crippen LogP contribution is -2.18. The summed E-state index contributed by atoms with van der Waals surface area (Å²) in [5, 5.41) is 2.66. The fraction of sp³-hybridized carbons (Fsp3) is 0.235. The van der Waals surface area contributed by atoms with E-state index in [2.05, 4.69) is 21.2 Å². The summed E-state index contributed by atoms with van der Waals surface area (Å²) >= 11 is 3.35. The number of benzene rings is 2. The highest BCUT2D eigenvalue weighted by molar-refractivity contribution is 9.10. The highest BCUT2D eigenvalue weighted by Gasteiger charge is 2.08. The lowest BCUT2D eigenvalue weighted by molar-refractivity contribution is 0.137. The highest BCUT2D eigenvalue weighted by atomic mass is 79.9. The summed E-state index contributed by atoms with van der Waals surface area (Å²) in [5.74, 6) is 1.30. The van der Waals surface area contributed by atoms with Crippen LogP contribution >= 0.6 is 15.9 Å². The minimum Gasteiger partial charge on any atom is -0.495 e. The molecule has 6 heteroatoms. The molecule has 0 bridgehead atoms. The van der Waals surface area contributed by atoms with Crippen LogP contribution in [0.25, 0.3) is 0 Å². The van der Waals surface area contributed by atoms with Crippen molar-refractivity contribution in [2.75, 3.05) is 25.6 Å². The minimum absolute atomic E-state index is 0.149. The first-order chi connectivity index (χ1) is 11.1. The third-order valence-electron chi connectivity index (χ3n) is 2.99. The molecule has 0 fully saturated rings. The van der Waals surface area contributed by atoms with Crippen molar-refractivity contribution in [1.29, 1.82) is 0 Å². The Morgan fingerprint density at radius 1 is 1.13 bits per heavy atom. The van der Waals surface area contributed by atoms with Gasteiger partial charge in [0.15, 0.2) is 0 Å². The van der Waals surface area contributed by atoms with Crippen LogP contribution in [0.4, 0.5) is 10.5 Å². The monoisotopic (exact) mass is 379 g/mol. The number of amides is 1. The van der Waals surface area contributed by atoms with Gasteiger partial charge in [0.25, 0.3) is 0 Å². The average Bonchev–Trinajstić information content (AvgIpc) is 2.53. The van der Waals surface area contributed by atoms with E-state index in [0.717, 1.165) is 15.8 Å². The number of hydrogen-bond acceptors (Lipinski definition) is 4. The molecule has 0 unspecified atom stereocenters. The number of carbonyl (C=O) groups is 1. The molecule has 5 nitrogen and oxygen atoms in total. The van der Waals surface area contributed by atoms with Crippen molar-refractivity contribution in [2.45, 2.75) is 6.92 Å². The molecule has 1 N–H and O–H groups in total. The number of ether oxygens (including phenoxy) is 3. The second kappa shape index (κ2) is 8.43. The van der Waals surface area contributed by atoms with E-state index in [1.54, 1.807) is 13.2 Å². The smallest absolute Gasteiger partial charge is 0.411 e. The van der Waals surface area contributed by atoms with Gasteiger partial charge in [-0.05, 0) is 48.9 Å². The van der Waals surface area contributed by atoms with Crippen molar-refractivity contribution < 1.29 is 19.0 Å². The molecule has 0 saturated heterocycles. The highest BCUT2D eigenvalue weighted by Crippen LogP contribution is 2.25. The first kappa shape index (κ1) is 17.1. The average molecular weight is 380 g/mol. The lowest BCUT2D eigenvalue weighted by atomic mass is 10.2. The quantitative estimate of drug-likeness (QED) is 0.755. The summed E-state index contributed by atoms with van der Waals surface area (Å²) < 4.78 is 16.7. The van der Waals surface area contributed by atoms with Gasteiger partial charge in [-0.2, -0.15) is 0 Å². The maximum atomic E-state index is 11.8. The predicted octanol–water partition coefficient (Wildman–Crippen LogP) is 4.39. The second-order valence-electron chi connectivity index (χ2n) is 4.77. The van der Waals surface area contributed by atoms with E-state index >= 15 is 0 Å². The predicted molar refractivity (Wildman–Crippen MR) is 92.3 cm³/mol. The van der Waals surface area contributed by atoms with Crippen LogP contribution in [0.1, 0.15) is 5.56 Å². The molecule has 122 valence electrons. The molecule has 0 spiro atoms. The molecule has 0 aliphatic carbocycles. The van der Waals surface area contributed by atoms with Crippen LogP contribution in [-0.2, 0) is 4.74 Å². The molecular weight excluding hydrogens is 362 g/mol. The van der Waals surface area contributed by atoms with Gasteiger partial charge < -0.3 is 14.2 Å². The fourth-order valence-corrected chi connectivity index (χ4v) is 2.15. The van der Waals surface area contributed by atoms with E-state index in [4.69, 9.17) is 14.2 Å². The van der Waals surface area contributed by atoms with Crippen LogP contribution in [0, 0.1) is 6.92 Å². The molecule has 0 radical (unpaired) electrons. The molecule has 2 aromatic rings. The fourth-order valence-electron chi connectivity index (χ4n) is 1.89. The van der Waals surface area contributed by atoms with Crippen LogP contribution in [0.5, 0.6) is 11.5 Å².